The average Bonchev–Trinajstić information content (AvgIpc) is 2.06. The Labute approximate surface area is 97.3 Å². The van der Waals surface area contributed by atoms with Gasteiger partial charge < -0.3 is 4.74 Å². The molecule has 0 aliphatic heterocycles. The minimum atomic E-state index is -4.14. The molecular formula is C8H14ClF3O3S. The predicted molar refractivity (Wildman–Crippen MR) is 55.0 cm³/mol. The SMILES string of the molecule is O=S(=O)(Cl)CCCCOCCCC(F)(F)F. The van der Waals surface area contributed by atoms with E-state index in [1.54, 1.807) is 0 Å². The van der Waals surface area contributed by atoms with Gasteiger partial charge in [0.25, 0.3) is 0 Å². The summed E-state index contributed by atoms with van der Waals surface area (Å²) in [5.74, 6) is -0.138. The molecule has 0 saturated carbocycles. The molecule has 0 aromatic carbocycles. The summed E-state index contributed by atoms with van der Waals surface area (Å²) < 4.78 is 60.9. The van der Waals surface area contributed by atoms with E-state index in [1.165, 1.54) is 0 Å². The summed E-state index contributed by atoms with van der Waals surface area (Å²) in [6.07, 6.45) is -4.25. The fourth-order valence-corrected chi connectivity index (χ4v) is 1.83. The Balaban J connectivity index is 3.23. The number of ether oxygens (including phenoxy) is 1. The van der Waals surface area contributed by atoms with Crippen molar-refractivity contribution in [3.63, 3.8) is 0 Å². The van der Waals surface area contributed by atoms with Crippen molar-refractivity contribution in [3.05, 3.63) is 0 Å². The van der Waals surface area contributed by atoms with Gasteiger partial charge in [-0.3, -0.25) is 0 Å². The zero-order valence-electron chi connectivity index (χ0n) is 8.59. The molecule has 0 amide bonds. The Kier molecular flexibility index (Phi) is 7.34. The molecule has 0 aliphatic carbocycles. The van der Waals surface area contributed by atoms with Gasteiger partial charge in [-0.25, -0.2) is 8.42 Å². The zero-order valence-corrected chi connectivity index (χ0v) is 10.2. The van der Waals surface area contributed by atoms with Crippen LogP contribution in [0.25, 0.3) is 0 Å². The van der Waals surface area contributed by atoms with Gasteiger partial charge in [0, 0.05) is 30.3 Å². The van der Waals surface area contributed by atoms with Gasteiger partial charge in [-0.15, -0.1) is 0 Å². The molecule has 0 rings (SSSR count). The van der Waals surface area contributed by atoms with Gasteiger partial charge in [0.2, 0.25) is 9.05 Å². The van der Waals surface area contributed by atoms with Gasteiger partial charge >= 0.3 is 6.18 Å². The summed E-state index contributed by atoms with van der Waals surface area (Å²) in [5, 5.41) is 0. The zero-order chi connectivity index (χ0) is 12.7. The van der Waals surface area contributed by atoms with Gasteiger partial charge in [-0.05, 0) is 19.3 Å². The largest absolute Gasteiger partial charge is 0.389 e. The summed E-state index contributed by atoms with van der Waals surface area (Å²) >= 11 is 0. The third-order valence-corrected chi connectivity index (χ3v) is 2.91. The molecule has 0 heterocycles. The Hall–Kier alpha value is -0.0100. The smallest absolute Gasteiger partial charge is 0.381 e. The fourth-order valence-electron chi connectivity index (χ4n) is 0.955. The van der Waals surface area contributed by atoms with Crippen LogP contribution in [0.15, 0.2) is 0 Å². The molecule has 0 fully saturated rings. The molecule has 0 saturated heterocycles. The maximum absolute atomic E-state index is 11.7. The molecule has 0 aliphatic rings. The van der Waals surface area contributed by atoms with Crippen molar-refractivity contribution in [1.82, 2.24) is 0 Å². The molecule has 16 heavy (non-hydrogen) atoms. The van der Waals surface area contributed by atoms with Crippen LogP contribution >= 0.6 is 10.7 Å². The first-order valence-electron chi connectivity index (χ1n) is 4.77. The molecule has 0 unspecified atom stereocenters. The predicted octanol–water partition coefficient (Wildman–Crippen LogP) is 2.69. The number of hydrogen-bond donors (Lipinski definition) is 0. The lowest BCUT2D eigenvalue weighted by atomic mass is 10.3. The molecule has 0 spiro atoms. The van der Waals surface area contributed by atoms with Crippen LogP contribution in [-0.4, -0.2) is 33.6 Å². The molecule has 3 nitrogen and oxygen atoms in total. The van der Waals surface area contributed by atoms with Crippen LogP contribution in [0.4, 0.5) is 13.2 Å². The molecule has 98 valence electrons. The summed E-state index contributed by atoms with van der Waals surface area (Å²) in [5.41, 5.74) is 0. The van der Waals surface area contributed by atoms with Gasteiger partial charge in [-0.1, -0.05) is 0 Å². The second-order valence-corrected chi connectivity index (χ2v) is 6.18. The van der Waals surface area contributed by atoms with Crippen molar-refractivity contribution in [2.75, 3.05) is 19.0 Å². The number of rotatable bonds is 8. The van der Waals surface area contributed by atoms with Crippen molar-refractivity contribution < 1.29 is 26.3 Å². The van der Waals surface area contributed by atoms with E-state index < -0.39 is 21.6 Å². The molecule has 0 aromatic heterocycles. The van der Waals surface area contributed by atoms with E-state index in [0.29, 0.717) is 12.8 Å². The van der Waals surface area contributed by atoms with E-state index in [0.717, 1.165) is 0 Å². The van der Waals surface area contributed by atoms with Gasteiger partial charge in [0.15, 0.2) is 0 Å². The van der Waals surface area contributed by atoms with Crippen molar-refractivity contribution in [1.29, 1.82) is 0 Å². The van der Waals surface area contributed by atoms with Crippen molar-refractivity contribution in [2.24, 2.45) is 0 Å². The second-order valence-electron chi connectivity index (χ2n) is 3.28. The van der Waals surface area contributed by atoms with Gasteiger partial charge in [0.05, 0.1) is 5.75 Å². The maximum Gasteiger partial charge on any atom is 0.389 e. The van der Waals surface area contributed by atoms with Crippen molar-refractivity contribution in [3.8, 4) is 0 Å². The van der Waals surface area contributed by atoms with Gasteiger partial charge in [0.1, 0.15) is 0 Å². The van der Waals surface area contributed by atoms with Crippen molar-refractivity contribution in [2.45, 2.75) is 31.9 Å². The van der Waals surface area contributed by atoms with E-state index in [9.17, 15) is 21.6 Å². The van der Waals surface area contributed by atoms with Crippen LogP contribution < -0.4 is 0 Å². The number of unbranched alkanes of at least 4 members (excludes halogenated alkanes) is 1. The van der Waals surface area contributed by atoms with Crippen molar-refractivity contribution >= 4 is 19.7 Å². The number of halogens is 4. The lowest BCUT2D eigenvalue weighted by molar-refractivity contribution is -0.137. The average molecular weight is 283 g/mol. The molecule has 0 atom stereocenters. The molecule has 0 bridgehead atoms. The Morgan fingerprint density at radius 2 is 1.62 bits per heavy atom. The third kappa shape index (κ3) is 14.0. The fraction of sp³-hybridized carbons (Fsp3) is 1.00. The van der Waals surface area contributed by atoms with Crippen LogP contribution in [0.1, 0.15) is 25.7 Å². The Bertz CT molecular complexity index is 277. The van der Waals surface area contributed by atoms with E-state index in [-0.39, 0.29) is 25.4 Å². The van der Waals surface area contributed by atoms with Crippen LogP contribution in [0.3, 0.4) is 0 Å². The highest BCUT2D eigenvalue weighted by Crippen LogP contribution is 2.20. The summed E-state index contributed by atoms with van der Waals surface area (Å²) in [6, 6.07) is 0. The highest BCUT2D eigenvalue weighted by Gasteiger charge is 2.25. The summed E-state index contributed by atoms with van der Waals surface area (Å²) in [6.45, 7) is 0.289. The van der Waals surface area contributed by atoms with Crippen LogP contribution in [0, 0.1) is 0 Å². The first kappa shape index (κ1) is 16.0. The first-order valence-corrected chi connectivity index (χ1v) is 7.25. The van der Waals surface area contributed by atoms with E-state index in [4.69, 9.17) is 15.4 Å². The molecule has 0 N–H and O–H groups in total. The lowest BCUT2D eigenvalue weighted by Crippen LogP contribution is -2.09. The van der Waals surface area contributed by atoms with Gasteiger partial charge in [-0.2, -0.15) is 13.2 Å². The van der Waals surface area contributed by atoms with E-state index in [1.807, 2.05) is 0 Å². The molecule has 0 radical (unpaired) electrons. The Morgan fingerprint density at radius 1 is 1.06 bits per heavy atom. The number of hydrogen-bond acceptors (Lipinski definition) is 3. The lowest BCUT2D eigenvalue weighted by Gasteiger charge is -2.06. The molecule has 8 heteroatoms. The minimum absolute atomic E-state index is 0.0349. The Morgan fingerprint density at radius 3 is 2.12 bits per heavy atom. The normalized spacial score (nSPS) is 13.0. The standard InChI is InChI=1S/C8H14ClF3O3S/c9-16(13,14)7-2-1-5-15-6-3-4-8(10,11)12/h1-7H2. The van der Waals surface area contributed by atoms with E-state index in [2.05, 4.69) is 0 Å². The third-order valence-electron chi connectivity index (χ3n) is 1.68. The summed E-state index contributed by atoms with van der Waals surface area (Å²) in [4.78, 5) is 0. The van der Waals surface area contributed by atoms with Crippen LogP contribution in [-0.2, 0) is 13.8 Å². The summed E-state index contributed by atoms with van der Waals surface area (Å²) in [7, 11) is 1.48. The number of alkyl halides is 3. The first-order chi connectivity index (χ1) is 7.21. The molecule has 0 aromatic rings. The monoisotopic (exact) mass is 282 g/mol. The van der Waals surface area contributed by atoms with Crippen LogP contribution in [0.2, 0.25) is 0 Å². The second kappa shape index (κ2) is 7.34. The topological polar surface area (TPSA) is 43.4 Å². The van der Waals surface area contributed by atoms with E-state index >= 15 is 0 Å². The highest BCUT2D eigenvalue weighted by atomic mass is 35.7. The minimum Gasteiger partial charge on any atom is -0.381 e. The maximum atomic E-state index is 11.7. The highest BCUT2D eigenvalue weighted by molar-refractivity contribution is 8.13. The van der Waals surface area contributed by atoms with Crippen LogP contribution in [0.5, 0.6) is 0 Å². The molecular weight excluding hydrogens is 269 g/mol. The quantitative estimate of drug-likeness (QED) is 0.508.